The van der Waals surface area contributed by atoms with E-state index in [0.29, 0.717) is 35.0 Å². The Morgan fingerprint density at radius 2 is 2.20 bits per heavy atom. The number of pyridine rings is 1. The Balaban J connectivity index is 2.54. The van der Waals surface area contributed by atoms with E-state index in [1.165, 1.54) is 0 Å². The summed E-state index contributed by atoms with van der Waals surface area (Å²) in [6, 6.07) is 1.75. The van der Waals surface area contributed by atoms with Crippen LogP contribution in [0.25, 0.3) is 11.2 Å². The molecule has 0 aromatic carbocycles. The number of alkyl halides is 1. The van der Waals surface area contributed by atoms with Gasteiger partial charge < -0.3 is 10.3 Å². The van der Waals surface area contributed by atoms with Gasteiger partial charge in [0, 0.05) is 25.0 Å². The lowest BCUT2D eigenvalue weighted by Crippen LogP contribution is -2.35. The molecule has 0 unspecified atom stereocenters. The van der Waals surface area contributed by atoms with Gasteiger partial charge in [0.05, 0.1) is 10.4 Å². The van der Waals surface area contributed by atoms with Crippen LogP contribution in [0.4, 0.5) is 0 Å². The zero-order valence-electron chi connectivity index (χ0n) is 11.4. The molecule has 0 atom stereocenters. The van der Waals surface area contributed by atoms with Gasteiger partial charge in [-0.2, -0.15) is 0 Å². The zero-order chi connectivity index (χ0) is 14.9. The van der Waals surface area contributed by atoms with Crippen molar-refractivity contribution >= 4 is 40.3 Å². The van der Waals surface area contributed by atoms with E-state index in [4.69, 9.17) is 28.9 Å². The predicted molar refractivity (Wildman–Crippen MR) is 79.9 cm³/mol. The number of fused-ring (bicyclic) bond motifs is 1. The largest absolute Gasteiger partial charge is 0.369 e. The minimum Gasteiger partial charge on any atom is -0.369 e. The van der Waals surface area contributed by atoms with E-state index >= 15 is 0 Å². The number of amides is 1. The molecule has 0 radical (unpaired) electrons. The molecule has 108 valence electrons. The molecular formula is C13H16Cl2N4O. The molecule has 0 aliphatic carbocycles. The number of carbonyl (C=O) groups excluding carboxylic acids is 1. The number of carbonyl (C=O) groups is 1. The molecule has 0 fully saturated rings. The molecule has 2 aromatic heterocycles. The minimum atomic E-state index is -0.698. The van der Waals surface area contributed by atoms with Crippen LogP contribution in [0.1, 0.15) is 19.7 Å². The summed E-state index contributed by atoms with van der Waals surface area (Å²) in [5.74, 6) is 0.845. The fourth-order valence-corrected chi connectivity index (χ4v) is 2.27. The summed E-state index contributed by atoms with van der Waals surface area (Å²) in [6.07, 6.45) is 2.15. The molecule has 7 heteroatoms. The lowest BCUT2D eigenvalue weighted by atomic mass is 9.92. The van der Waals surface area contributed by atoms with Crippen molar-refractivity contribution in [3.8, 4) is 0 Å². The first kappa shape index (κ1) is 15.1. The molecule has 0 bridgehead atoms. The van der Waals surface area contributed by atoms with Gasteiger partial charge in [0.1, 0.15) is 11.3 Å². The number of rotatable bonds is 5. The second kappa shape index (κ2) is 5.58. The maximum absolute atomic E-state index is 11.5. The minimum absolute atomic E-state index is 0.370. The lowest BCUT2D eigenvalue weighted by molar-refractivity contribution is -0.126. The molecule has 2 heterocycles. The summed E-state index contributed by atoms with van der Waals surface area (Å²) >= 11 is 11.7. The number of hydrogen-bond donors (Lipinski definition) is 1. The number of halogens is 2. The highest BCUT2D eigenvalue weighted by Crippen LogP contribution is 2.24. The molecule has 2 rings (SSSR count). The molecular weight excluding hydrogens is 299 g/mol. The average molecular weight is 315 g/mol. The van der Waals surface area contributed by atoms with Crippen molar-refractivity contribution in [3.63, 3.8) is 0 Å². The van der Waals surface area contributed by atoms with E-state index in [9.17, 15) is 4.79 Å². The van der Waals surface area contributed by atoms with Gasteiger partial charge in [-0.15, -0.1) is 11.6 Å². The average Bonchev–Trinajstić information content (AvgIpc) is 2.66. The molecule has 0 spiro atoms. The van der Waals surface area contributed by atoms with Crippen molar-refractivity contribution in [1.82, 2.24) is 14.5 Å². The van der Waals surface area contributed by atoms with Crippen LogP contribution < -0.4 is 5.73 Å². The first-order chi connectivity index (χ1) is 9.35. The van der Waals surface area contributed by atoms with E-state index < -0.39 is 5.41 Å². The number of primary amides is 1. The van der Waals surface area contributed by atoms with Crippen LogP contribution in [0.15, 0.2) is 12.3 Å². The number of nitrogens with zero attached hydrogens (tertiary/aromatic N) is 3. The first-order valence-electron chi connectivity index (χ1n) is 6.21. The van der Waals surface area contributed by atoms with Crippen molar-refractivity contribution in [2.75, 3.05) is 5.88 Å². The molecule has 0 aliphatic heterocycles. The Morgan fingerprint density at radius 1 is 1.50 bits per heavy atom. The van der Waals surface area contributed by atoms with E-state index in [1.807, 2.05) is 4.57 Å². The third-order valence-electron chi connectivity index (χ3n) is 3.17. The third kappa shape index (κ3) is 2.88. The SMILES string of the molecule is CC(C)(Cn1c(CCCl)nc2cc(Cl)cnc21)C(N)=O. The van der Waals surface area contributed by atoms with Crippen LogP contribution in [-0.4, -0.2) is 26.3 Å². The summed E-state index contributed by atoms with van der Waals surface area (Å²) in [5.41, 5.74) is 6.12. The fourth-order valence-electron chi connectivity index (χ4n) is 1.95. The Hall–Kier alpha value is -1.33. The van der Waals surface area contributed by atoms with Gasteiger partial charge in [0.15, 0.2) is 5.65 Å². The lowest BCUT2D eigenvalue weighted by Gasteiger charge is -2.22. The number of nitrogens with two attached hydrogens (primary N) is 1. The number of hydrogen-bond acceptors (Lipinski definition) is 3. The van der Waals surface area contributed by atoms with Crippen LogP contribution in [-0.2, 0) is 17.8 Å². The predicted octanol–water partition coefficient (Wildman–Crippen LogP) is 2.38. The van der Waals surface area contributed by atoms with Gasteiger partial charge in [-0.25, -0.2) is 9.97 Å². The van der Waals surface area contributed by atoms with Crippen molar-refractivity contribution < 1.29 is 4.79 Å². The van der Waals surface area contributed by atoms with E-state index in [-0.39, 0.29) is 5.91 Å². The van der Waals surface area contributed by atoms with Gasteiger partial charge in [-0.05, 0) is 19.9 Å². The Bertz CT molecular complexity index is 651. The molecule has 1 amide bonds. The highest BCUT2D eigenvalue weighted by Gasteiger charge is 2.28. The van der Waals surface area contributed by atoms with Gasteiger partial charge >= 0.3 is 0 Å². The smallest absolute Gasteiger partial charge is 0.224 e. The monoisotopic (exact) mass is 314 g/mol. The third-order valence-corrected chi connectivity index (χ3v) is 3.56. The molecule has 0 aliphatic rings. The summed E-state index contributed by atoms with van der Waals surface area (Å²) in [6.45, 7) is 3.99. The molecule has 0 saturated carbocycles. The highest BCUT2D eigenvalue weighted by molar-refractivity contribution is 6.31. The van der Waals surface area contributed by atoms with Crippen molar-refractivity contribution in [2.24, 2.45) is 11.1 Å². The zero-order valence-corrected chi connectivity index (χ0v) is 12.9. The summed E-state index contributed by atoms with van der Waals surface area (Å²) in [5, 5.41) is 0.522. The second-order valence-electron chi connectivity index (χ2n) is 5.30. The normalized spacial score (nSPS) is 12.0. The number of aromatic nitrogens is 3. The Labute approximate surface area is 127 Å². The van der Waals surface area contributed by atoms with Crippen molar-refractivity contribution in [1.29, 1.82) is 0 Å². The van der Waals surface area contributed by atoms with Gasteiger partial charge in [0.25, 0.3) is 0 Å². The van der Waals surface area contributed by atoms with Crippen molar-refractivity contribution in [2.45, 2.75) is 26.8 Å². The van der Waals surface area contributed by atoms with Gasteiger partial charge in [-0.1, -0.05) is 11.6 Å². The molecule has 2 N–H and O–H groups in total. The van der Waals surface area contributed by atoms with Crippen molar-refractivity contribution in [3.05, 3.63) is 23.1 Å². The Kier molecular flexibility index (Phi) is 4.20. The highest BCUT2D eigenvalue weighted by atomic mass is 35.5. The maximum atomic E-state index is 11.5. The summed E-state index contributed by atoms with van der Waals surface area (Å²) < 4.78 is 1.89. The second-order valence-corrected chi connectivity index (χ2v) is 6.11. The van der Waals surface area contributed by atoms with Crippen LogP contribution in [0.3, 0.4) is 0 Å². The van der Waals surface area contributed by atoms with E-state index in [0.717, 1.165) is 5.82 Å². The van der Waals surface area contributed by atoms with Crippen LogP contribution in [0, 0.1) is 5.41 Å². The summed E-state index contributed by atoms with van der Waals surface area (Å²) in [4.78, 5) is 20.3. The Morgan fingerprint density at radius 3 is 2.80 bits per heavy atom. The van der Waals surface area contributed by atoms with Crippen LogP contribution in [0.2, 0.25) is 5.02 Å². The molecule has 5 nitrogen and oxygen atoms in total. The topological polar surface area (TPSA) is 73.8 Å². The molecule has 20 heavy (non-hydrogen) atoms. The number of imidazole rings is 1. The quantitative estimate of drug-likeness (QED) is 0.861. The molecule has 0 saturated heterocycles. The molecule has 2 aromatic rings. The van der Waals surface area contributed by atoms with Gasteiger partial charge in [-0.3, -0.25) is 4.79 Å². The maximum Gasteiger partial charge on any atom is 0.224 e. The first-order valence-corrected chi connectivity index (χ1v) is 7.13. The fraction of sp³-hybridized carbons (Fsp3) is 0.462. The van der Waals surface area contributed by atoms with E-state index in [2.05, 4.69) is 9.97 Å². The van der Waals surface area contributed by atoms with Gasteiger partial charge in [0.2, 0.25) is 5.91 Å². The summed E-state index contributed by atoms with van der Waals surface area (Å²) in [7, 11) is 0. The van der Waals surface area contributed by atoms with E-state index in [1.54, 1.807) is 26.1 Å². The number of aryl methyl sites for hydroxylation is 1. The van der Waals surface area contributed by atoms with Crippen LogP contribution >= 0.6 is 23.2 Å². The standard InChI is InChI=1S/C13H16Cl2N4O/c1-13(2,12(16)20)7-19-10(3-4-14)18-9-5-8(15)6-17-11(9)19/h5-6H,3-4,7H2,1-2H3,(H2,16,20). The van der Waals surface area contributed by atoms with Crippen LogP contribution in [0.5, 0.6) is 0 Å².